The van der Waals surface area contributed by atoms with E-state index in [0.717, 1.165) is 30.7 Å². The van der Waals surface area contributed by atoms with Gasteiger partial charge in [-0.1, -0.05) is 19.8 Å². The Kier molecular flexibility index (Phi) is 4.79. The molecule has 116 valence electrons. The first-order chi connectivity index (χ1) is 10.3. The Morgan fingerprint density at radius 2 is 2.05 bits per heavy atom. The zero-order valence-corrected chi connectivity index (χ0v) is 13.6. The molecule has 0 amide bonds. The average molecular weight is 287 g/mol. The molecule has 1 aromatic heterocycles. The fraction of sp³-hybridized carbons (Fsp3) is 0.722. The van der Waals surface area contributed by atoms with E-state index in [4.69, 9.17) is 0 Å². The Balaban J connectivity index is 1.84. The van der Waals surface area contributed by atoms with Crippen LogP contribution < -0.4 is 10.2 Å². The van der Waals surface area contributed by atoms with Crippen LogP contribution in [0.4, 0.5) is 5.69 Å². The van der Waals surface area contributed by atoms with Crippen molar-refractivity contribution in [3.63, 3.8) is 0 Å². The molecule has 1 aliphatic heterocycles. The summed E-state index contributed by atoms with van der Waals surface area (Å²) in [4.78, 5) is 7.23. The van der Waals surface area contributed by atoms with Gasteiger partial charge in [-0.2, -0.15) is 0 Å². The molecular weight excluding hydrogens is 258 g/mol. The minimum atomic E-state index is 0.773. The van der Waals surface area contributed by atoms with Crippen molar-refractivity contribution < 1.29 is 0 Å². The standard InChI is InChI=1S/C18H29N3/c1-3-19-12-16-13-20-14(2)11-18(16)21-10-6-9-17(21)15-7-4-5-8-15/h11,13,15,17,19H,3-10,12H2,1-2H3. The van der Waals surface area contributed by atoms with Gasteiger partial charge in [0.2, 0.25) is 0 Å². The summed E-state index contributed by atoms with van der Waals surface area (Å²) in [5.74, 6) is 0.924. The number of nitrogens with zero attached hydrogens (tertiary/aromatic N) is 2. The predicted octanol–water partition coefficient (Wildman–Crippen LogP) is 3.66. The molecule has 3 heteroatoms. The third-order valence-corrected chi connectivity index (χ3v) is 5.22. The normalized spacial score (nSPS) is 23.1. The van der Waals surface area contributed by atoms with Crippen molar-refractivity contribution in [3.05, 3.63) is 23.5 Å². The molecule has 3 rings (SSSR count). The zero-order chi connectivity index (χ0) is 14.7. The van der Waals surface area contributed by atoms with Crippen LogP contribution in [0.1, 0.15) is 56.7 Å². The third-order valence-electron chi connectivity index (χ3n) is 5.22. The summed E-state index contributed by atoms with van der Waals surface area (Å²) in [6, 6.07) is 3.08. The first-order valence-electron chi connectivity index (χ1n) is 8.72. The SMILES string of the molecule is CCNCc1cnc(C)cc1N1CCCC1C1CCCC1. The topological polar surface area (TPSA) is 28.2 Å². The number of anilines is 1. The number of aromatic nitrogens is 1. The molecule has 1 N–H and O–H groups in total. The molecule has 2 heterocycles. The highest BCUT2D eigenvalue weighted by Gasteiger charge is 2.34. The first-order valence-corrected chi connectivity index (χ1v) is 8.72. The van der Waals surface area contributed by atoms with Gasteiger partial charge in [0.05, 0.1) is 0 Å². The van der Waals surface area contributed by atoms with Gasteiger partial charge in [0.25, 0.3) is 0 Å². The number of pyridine rings is 1. The summed E-state index contributed by atoms with van der Waals surface area (Å²) in [6.07, 6.45) is 10.6. The Bertz CT molecular complexity index is 466. The van der Waals surface area contributed by atoms with Gasteiger partial charge in [-0.05, 0) is 51.1 Å². The largest absolute Gasteiger partial charge is 0.368 e. The fourth-order valence-electron chi connectivity index (χ4n) is 4.16. The molecule has 0 bridgehead atoms. The predicted molar refractivity (Wildman–Crippen MR) is 88.7 cm³/mol. The van der Waals surface area contributed by atoms with E-state index >= 15 is 0 Å². The number of aryl methyl sites for hydroxylation is 1. The molecule has 1 atom stereocenters. The average Bonchev–Trinajstić information content (AvgIpc) is 3.16. The Hall–Kier alpha value is -1.09. The van der Waals surface area contributed by atoms with Gasteiger partial charge < -0.3 is 10.2 Å². The van der Waals surface area contributed by atoms with Crippen molar-refractivity contribution in [2.75, 3.05) is 18.0 Å². The van der Waals surface area contributed by atoms with Gasteiger partial charge in [0.1, 0.15) is 0 Å². The maximum atomic E-state index is 4.52. The van der Waals surface area contributed by atoms with Crippen molar-refractivity contribution in [1.29, 1.82) is 0 Å². The molecule has 0 aromatic carbocycles. The van der Waals surface area contributed by atoms with Crippen molar-refractivity contribution in [2.24, 2.45) is 5.92 Å². The van der Waals surface area contributed by atoms with Crippen molar-refractivity contribution in [3.8, 4) is 0 Å². The summed E-state index contributed by atoms with van der Waals surface area (Å²) in [6.45, 7) is 7.45. The van der Waals surface area contributed by atoms with Gasteiger partial charge in [0, 0.05) is 42.3 Å². The van der Waals surface area contributed by atoms with Crippen LogP contribution in [0.25, 0.3) is 0 Å². The van der Waals surface area contributed by atoms with Crippen LogP contribution in [-0.4, -0.2) is 24.1 Å². The molecule has 0 spiro atoms. The first kappa shape index (κ1) is 14.8. The third kappa shape index (κ3) is 3.23. The summed E-state index contributed by atoms with van der Waals surface area (Å²) in [7, 11) is 0. The molecule has 2 aliphatic rings. The fourth-order valence-corrected chi connectivity index (χ4v) is 4.16. The van der Waals surface area contributed by atoms with Crippen LogP contribution in [0.5, 0.6) is 0 Å². The van der Waals surface area contributed by atoms with Crippen molar-refractivity contribution in [2.45, 2.75) is 65.0 Å². The molecule has 2 fully saturated rings. The van der Waals surface area contributed by atoms with Gasteiger partial charge in [-0.15, -0.1) is 0 Å². The highest BCUT2D eigenvalue weighted by Crippen LogP contribution is 2.38. The highest BCUT2D eigenvalue weighted by atomic mass is 15.2. The smallest absolute Gasteiger partial charge is 0.0448 e. The minimum absolute atomic E-state index is 0.773. The Morgan fingerprint density at radius 3 is 2.81 bits per heavy atom. The number of hydrogen-bond donors (Lipinski definition) is 1. The maximum Gasteiger partial charge on any atom is 0.0448 e. The molecule has 21 heavy (non-hydrogen) atoms. The molecule has 1 saturated carbocycles. The van der Waals surface area contributed by atoms with E-state index in [-0.39, 0.29) is 0 Å². The number of nitrogens with one attached hydrogen (secondary N) is 1. The highest BCUT2D eigenvalue weighted by molar-refractivity contribution is 5.55. The van der Waals surface area contributed by atoms with E-state index in [2.05, 4.69) is 41.3 Å². The van der Waals surface area contributed by atoms with Gasteiger partial charge in [0.15, 0.2) is 0 Å². The number of rotatable bonds is 5. The maximum absolute atomic E-state index is 4.52. The van der Waals surface area contributed by atoms with E-state index in [1.165, 1.54) is 56.3 Å². The van der Waals surface area contributed by atoms with E-state index in [0.29, 0.717) is 0 Å². The van der Waals surface area contributed by atoms with E-state index < -0.39 is 0 Å². The lowest BCUT2D eigenvalue weighted by atomic mass is 9.95. The van der Waals surface area contributed by atoms with E-state index in [1.54, 1.807) is 0 Å². The molecule has 1 saturated heterocycles. The van der Waals surface area contributed by atoms with Crippen LogP contribution in [0.15, 0.2) is 12.3 Å². The van der Waals surface area contributed by atoms with Gasteiger partial charge >= 0.3 is 0 Å². The van der Waals surface area contributed by atoms with Crippen LogP contribution in [0.2, 0.25) is 0 Å². The number of hydrogen-bond acceptors (Lipinski definition) is 3. The van der Waals surface area contributed by atoms with Crippen LogP contribution in [-0.2, 0) is 6.54 Å². The molecule has 1 unspecified atom stereocenters. The van der Waals surface area contributed by atoms with Crippen LogP contribution in [0.3, 0.4) is 0 Å². The second-order valence-corrected chi connectivity index (χ2v) is 6.68. The molecular formula is C18H29N3. The summed E-state index contributed by atoms with van der Waals surface area (Å²) >= 11 is 0. The van der Waals surface area contributed by atoms with Crippen LogP contribution >= 0.6 is 0 Å². The lowest BCUT2D eigenvalue weighted by Crippen LogP contribution is -2.35. The Morgan fingerprint density at radius 1 is 1.24 bits per heavy atom. The van der Waals surface area contributed by atoms with Crippen molar-refractivity contribution in [1.82, 2.24) is 10.3 Å². The quantitative estimate of drug-likeness (QED) is 0.896. The van der Waals surface area contributed by atoms with Crippen molar-refractivity contribution >= 4 is 5.69 Å². The lowest BCUT2D eigenvalue weighted by molar-refractivity contribution is 0.430. The second-order valence-electron chi connectivity index (χ2n) is 6.68. The molecule has 1 aliphatic carbocycles. The molecule has 3 nitrogen and oxygen atoms in total. The van der Waals surface area contributed by atoms with Gasteiger partial charge in [-0.3, -0.25) is 4.98 Å². The van der Waals surface area contributed by atoms with Gasteiger partial charge in [-0.25, -0.2) is 0 Å². The zero-order valence-electron chi connectivity index (χ0n) is 13.6. The van der Waals surface area contributed by atoms with E-state index in [1.807, 2.05) is 0 Å². The lowest BCUT2D eigenvalue weighted by Gasteiger charge is -2.33. The Labute approximate surface area is 129 Å². The second kappa shape index (κ2) is 6.78. The summed E-state index contributed by atoms with van der Waals surface area (Å²) in [5.41, 5.74) is 3.95. The van der Waals surface area contributed by atoms with E-state index in [9.17, 15) is 0 Å². The monoisotopic (exact) mass is 287 g/mol. The van der Waals surface area contributed by atoms with Crippen LogP contribution in [0, 0.1) is 12.8 Å². The summed E-state index contributed by atoms with van der Waals surface area (Å²) < 4.78 is 0. The molecule has 0 radical (unpaired) electrons. The summed E-state index contributed by atoms with van der Waals surface area (Å²) in [5, 5.41) is 3.47. The molecule has 1 aromatic rings. The minimum Gasteiger partial charge on any atom is -0.368 e.